The first-order valence-electron chi connectivity index (χ1n) is 6.46. The Morgan fingerprint density at radius 2 is 2.11 bits per heavy atom. The smallest absolute Gasteiger partial charge is 0.325 e. The van der Waals surface area contributed by atoms with Crippen LogP contribution in [-0.4, -0.2) is 42.5 Å². The van der Waals surface area contributed by atoms with Gasteiger partial charge in [-0.25, -0.2) is 0 Å². The van der Waals surface area contributed by atoms with E-state index in [-0.39, 0.29) is 24.5 Å². The normalized spacial score (nSPS) is 27.3. The van der Waals surface area contributed by atoms with Crippen molar-refractivity contribution in [3.05, 3.63) is 0 Å². The number of nitrogens with two attached hydrogens (primary N) is 1. The van der Waals surface area contributed by atoms with Crippen molar-refractivity contribution in [2.75, 3.05) is 13.7 Å². The van der Waals surface area contributed by atoms with Gasteiger partial charge in [-0.1, -0.05) is 6.42 Å². The molecule has 1 amide bonds. The Kier molecular flexibility index (Phi) is 4.73. The highest BCUT2D eigenvalue weighted by molar-refractivity contribution is 5.87. The number of ether oxygens (including phenoxy) is 1. The van der Waals surface area contributed by atoms with Crippen molar-refractivity contribution in [1.82, 2.24) is 4.90 Å². The maximum absolute atomic E-state index is 12.6. The summed E-state index contributed by atoms with van der Waals surface area (Å²) in [5.74, 6) is -0.430. The summed E-state index contributed by atoms with van der Waals surface area (Å²) in [6.45, 7) is 5.68. The summed E-state index contributed by atoms with van der Waals surface area (Å²) < 4.78 is 4.64. The van der Waals surface area contributed by atoms with Crippen LogP contribution in [0.25, 0.3) is 0 Å². The van der Waals surface area contributed by atoms with Crippen molar-refractivity contribution < 1.29 is 14.3 Å². The maximum atomic E-state index is 12.6. The van der Waals surface area contributed by atoms with E-state index in [0.717, 1.165) is 19.3 Å². The fourth-order valence-electron chi connectivity index (χ4n) is 2.48. The molecule has 1 saturated carbocycles. The number of methoxy groups -OCH3 is 1. The summed E-state index contributed by atoms with van der Waals surface area (Å²) in [5, 5.41) is 0. The zero-order valence-electron chi connectivity index (χ0n) is 11.7. The number of carbonyl (C=O) groups excluding carboxylic acids is 2. The Hall–Kier alpha value is -1.10. The molecule has 1 rings (SSSR count). The molecule has 1 aliphatic rings. The lowest BCUT2D eigenvalue weighted by Gasteiger charge is -2.36. The molecule has 104 valence electrons. The Morgan fingerprint density at radius 1 is 1.50 bits per heavy atom. The predicted octanol–water partition coefficient (Wildman–Crippen LogP) is 0.914. The van der Waals surface area contributed by atoms with Crippen LogP contribution in [0.3, 0.4) is 0 Å². The number of rotatable bonds is 4. The highest BCUT2D eigenvalue weighted by Crippen LogP contribution is 2.38. The summed E-state index contributed by atoms with van der Waals surface area (Å²) in [4.78, 5) is 25.6. The number of hydrogen-bond donors (Lipinski definition) is 1. The Morgan fingerprint density at radius 3 is 2.50 bits per heavy atom. The molecule has 0 aromatic heterocycles. The molecule has 5 heteroatoms. The molecule has 5 nitrogen and oxygen atoms in total. The zero-order valence-corrected chi connectivity index (χ0v) is 11.7. The van der Waals surface area contributed by atoms with Crippen molar-refractivity contribution in [3.8, 4) is 0 Å². The second kappa shape index (κ2) is 5.69. The third kappa shape index (κ3) is 2.83. The van der Waals surface area contributed by atoms with Gasteiger partial charge in [-0.3, -0.25) is 9.59 Å². The monoisotopic (exact) mass is 256 g/mol. The van der Waals surface area contributed by atoms with E-state index in [1.54, 1.807) is 4.90 Å². The summed E-state index contributed by atoms with van der Waals surface area (Å²) in [5.41, 5.74) is 5.51. The van der Waals surface area contributed by atoms with Crippen LogP contribution in [0.4, 0.5) is 0 Å². The summed E-state index contributed by atoms with van der Waals surface area (Å²) >= 11 is 0. The fraction of sp³-hybridized carbons (Fsp3) is 0.846. The molecule has 18 heavy (non-hydrogen) atoms. The van der Waals surface area contributed by atoms with Gasteiger partial charge in [0, 0.05) is 12.1 Å². The van der Waals surface area contributed by atoms with Gasteiger partial charge in [-0.05, 0) is 33.6 Å². The van der Waals surface area contributed by atoms with Gasteiger partial charge in [0.15, 0.2) is 0 Å². The molecular weight excluding hydrogens is 232 g/mol. The van der Waals surface area contributed by atoms with Gasteiger partial charge in [0.1, 0.15) is 6.54 Å². The number of hydrogen-bond acceptors (Lipinski definition) is 4. The third-order valence-corrected chi connectivity index (χ3v) is 3.93. The molecule has 1 fully saturated rings. The van der Waals surface area contributed by atoms with Crippen molar-refractivity contribution in [2.45, 2.75) is 52.1 Å². The van der Waals surface area contributed by atoms with Crippen LogP contribution in [0.15, 0.2) is 0 Å². The Balaban J connectivity index is 2.86. The number of esters is 1. The van der Waals surface area contributed by atoms with Gasteiger partial charge in [0.2, 0.25) is 5.91 Å². The van der Waals surface area contributed by atoms with Crippen LogP contribution in [0.1, 0.15) is 40.0 Å². The van der Waals surface area contributed by atoms with Crippen molar-refractivity contribution in [3.63, 3.8) is 0 Å². The van der Waals surface area contributed by atoms with E-state index in [1.807, 2.05) is 20.8 Å². The van der Waals surface area contributed by atoms with E-state index < -0.39 is 11.4 Å². The predicted molar refractivity (Wildman–Crippen MR) is 68.8 cm³/mol. The minimum absolute atomic E-state index is 0.00465. The molecule has 0 aromatic carbocycles. The van der Waals surface area contributed by atoms with Gasteiger partial charge in [-0.15, -0.1) is 0 Å². The van der Waals surface area contributed by atoms with E-state index in [9.17, 15) is 9.59 Å². The second-order valence-corrected chi connectivity index (χ2v) is 5.52. The molecule has 0 aromatic rings. The summed E-state index contributed by atoms with van der Waals surface area (Å²) in [6, 6.07) is -0.162. The van der Waals surface area contributed by atoms with Crippen LogP contribution in [0, 0.1) is 5.41 Å². The molecule has 0 heterocycles. The van der Waals surface area contributed by atoms with E-state index in [1.165, 1.54) is 7.11 Å². The Labute approximate surface area is 109 Å². The van der Waals surface area contributed by atoms with E-state index in [4.69, 9.17) is 5.73 Å². The van der Waals surface area contributed by atoms with Gasteiger partial charge in [0.25, 0.3) is 0 Å². The minimum Gasteiger partial charge on any atom is -0.468 e. The van der Waals surface area contributed by atoms with Crippen LogP contribution >= 0.6 is 0 Å². The van der Waals surface area contributed by atoms with Gasteiger partial charge in [-0.2, -0.15) is 0 Å². The molecule has 0 aliphatic heterocycles. The lowest BCUT2D eigenvalue weighted by molar-refractivity contribution is -0.153. The molecule has 0 spiro atoms. The summed E-state index contributed by atoms with van der Waals surface area (Å²) in [7, 11) is 1.33. The molecular formula is C13H24N2O3. The SMILES string of the molecule is COC(=O)CN(C(=O)C1(C)CCCC1N)C(C)C. The average molecular weight is 256 g/mol. The van der Waals surface area contributed by atoms with E-state index >= 15 is 0 Å². The van der Waals surface area contributed by atoms with Crippen molar-refractivity contribution in [1.29, 1.82) is 0 Å². The Bertz CT molecular complexity index is 330. The summed E-state index contributed by atoms with van der Waals surface area (Å²) in [6.07, 6.45) is 2.62. The molecule has 2 atom stereocenters. The number of nitrogens with zero attached hydrogens (tertiary/aromatic N) is 1. The third-order valence-electron chi connectivity index (χ3n) is 3.93. The van der Waals surface area contributed by atoms with Crippen LogP contribution in [0.5, 0.6) is 0 Å². The average Bonchev–Trinajstić information content (AvgIpc) is 2.66. The lowest BCUT2D eigenvalue weighted by Crippen LogP contribution is -2.52. The van der Waals surface area contributed by atoms with Crippen LogP contribution < -0.4 is 5.73 Å². The van der Waals surface area contributed by atoms with Crippen molar-refractivity contribution >= 4 is 11.9 Å². The number of amides is 1. The molecule has 2 N–H and O–H groups in total. The first-order chi connectivity index (χ1) is 8.32. The molecule has 2 unspecified atom stereocenters. The quantitative estimate of drug-likeness (QED) is 0.759. The second-order valence-electron chi connectivity index (χ2n) is 5.52. The van der Waals surface area contributed by atoms with E-state index in [0.29, 0.717) is 0 Å². The van der Waals surface area contributed by atoms with Gasteiger partial charge >= 0.3 is 5.97 Å². The van der Waals surface area contributed by atoms with Crippen LogP contribution in [0.2, 0.25) is 0 Å². The zero-order chi connectivity index (χ0) is 13.9. The first-order valence-corrected chi connectivity index (χ1v) is 6.46. The first kappa shape index (κ1) is 15.0. The molecule has 1 aliphatic carbocycles. The van der Waals surface area contributed by atoms with Crippen LogP contribution in [-0.2, 0) is 14.3 Å². The standard InChI is InChI=1S/C13H24N2O3/c1-9(2)15(8-11(16)18-4)12(17)13(3)7-5-6-10(13)14/h9-10H,5-8,14H2,1-4H3. The topological polar surface area (TPSA) is 72.6 Å². The lowest BCUT2D eigenvalue weighted by atomic mass is 9.83. The van der Waals surface area contributed by atoms with Gasteiger partial charge in [0.05, 0.1) is 12.5 Å². The highest BCUT2D eigenvalue weighted by atomic mass is 16.5. The van der Waals surface area contributed by atoms with Gasteiger partial charge < -0.3 is 15.4 Å². The molecule has 0 saturated heterocycles. The van der Waals surface area contributed by atoms with Crippen molar-refractivity contribution in [2.24, 2.45) is 11.1 Å². The highest BCUT2D eigenvalue weighted by Gasteiger charge is 2.45. The van der Waals surface area contributed by atoms with E-state index in [2.05, 4.69) is 4.74 Å². The number of carbonyl (C=O) groups is 2. The fourth-order valence-corrected chi connectivity index (χ4v) is 2.48. The maximum Gasteiger partial charge on any atom is 0.325 e. The molecule has 0 bridgehead atoms. The molecule has 0 radical (unpaired) electrons. The minimum atomic E-state index is -0.543. The largest absolute Gasteiger partial charge is 0.468 e.